The first-order valence-corrected chi connectivity index (χ1v) is 6.89. The van der Waals surface area contributed by atoms with E-state index in [1.807, 2.05) is 52.0 Å². The van der Waals surface area contributed by atoms with Crippen molar-refractivity contribution in [3.63, 3.8) is 0 Å². The first-order valence-electron chi connectivity index (χ1n) is 6.89. The van der Waals surface area contributed by atoms with Crippen molar-refractivity contribution in [2.45, 2.75) is 45.8 Å². The molecule has 1 unspecified atom stereocenters. The lowest BCUT2D eigenvalue weighted by Gasteiger charge is -2.24. The minimum atomic E-state index is -0.550. The average molecular weight is 290 g/mol. The number of rotatable bonds is 5. The number of nitrogens with zero attached hydrogens (tertiary/aromatic N) is 3. The van der Waals surface area contributed by atoms with Crippen molar-refractivity contribution in [1.82, 2.24) is 5.32 Å². The van der Waals surface area contributed by atoms with Gasteiger partial charge in [-0.3, -0.25) is 0 Å². The molecular weight excluding hydrogens is 268 g/mol. The van der Waals surface area contributed by atoms with Crippen LogP contribution in [0.25, 0.3) is 10.4 Å². The zero-order chi connectivity index (χ0) is 15.9. The summed E-state index contributed by atoms with van der Waals surface area (Å²) in [7, 11) is 0. The molecule has 0 fully saturated rings. The van der Waals surface area contributed by atoms with Crippen LogP contribution >= 0.6 is 0 Å². The molecule has 0 saturated carbocycles. The van der Waals surface area contributed by atoms with E-state index in [2.05, 4.69) is 15.3 Å². The van der Waals surface area contributed by atoms with Crippen LogP contribution in [0.5, 0.6) is 0 Å². The number of nitrogens with one attached hydrogen (secondary N) is 1. The third-order valence-electron chi connectivity index (χ3n) is 2.72. The molecule has 1 rings (SSSR count). The van der Waals surface area contributed by atoms with Gasteiger partial charge in [0.2, 0.25) is 0 Å². The predicted octanol–water partition coefficient (Wildman–Crippen LogP) is 4.26. The average Bonchev–Trinajstić information content (AvgIpc) is 2.35. The fourth-order valence-electron chi connectivity index (χ4n) is 1.89. The molecule has 0 aliphatic rings. The Kier molecular flexibility index (Phi) is 6.06. The van der Waals surface area contributed by atoms with Crippen LogP contribution in [0.2, 0.25) is 0 Å². The van der Waals surface area contributed by atoms with Gasteiger partial charge >= 0.3 is 6.09 Å². The Balaban J connectivity index is 2.82. The molecule has 0 spiro atoms. The summed E-state index contributed by atoms with van der Waals surface area (Å²) < 4.78 is 5.27. The molecule has 6 heteroatoms. The highest BCUT2D eigenvalue weighted by atomic mass is 16.6. The highest BCUT2D eigenvalue weighted by molar-refractivity contribution is 5.68. The maximum absolute atomic E-state index is 11.9. The lowest BCUT2D eigenvalue weighted by Crippen LogP contribution is -2.35. The van der Waals surface area contributed by atoms with Gasteiger partial charge in [-0.2, -0.15) is 0 Å². The Morgan fingerprint density at radius 3 is 2.76 bits per heavy atom. The van der Waals surface area contributed by atoms with E-state index in [9.17, 15) is 4.79 Å². The summed E-state index contributed by atoms with van der Waals surface area (Å²) in [6.45, 7) is 7.74. The summed E-state index contributed by atoms with van der Waals surface area (Å²) in [5.41, 5.74) is 9.90. The second-order valence-corrected chi connectivity index (χ2v) is 5.86. The number of azide groups is 1. The Morgan fingerprint density at radius 1 is 1.48 bits per heavy atom. The minimum Gasteiger partial charge on any atom is -0.444 e. The number of amides is 1. The minimum absolute atomic E-state index is 0.245. The number of carbonyl (C=O) groups excluding carboxylic acids is 1. The summed E-state index contributed by atoms with van der Waals surface area (Å²) in [5.74, 6) is 0. The van der Waals surface area contributed by atoms with Crippen molar-refractivity contribution in [3.05, 3.63) is 45.8 Å². The van der Waals surface area contributed by atoms with Gasteiger partial charge in [-0.25, -0.2) is 4.79 Å². The Labute approximate surface area is 125 Å². The molecule has 1 aromatic rings. The smallest absolute Gasteiger partial charge is 0.408 e. The quantitative estimate of drug-likeness (QED) is 0.499. The zero-order valence-electron chi connectivity index (χ0n) is 13.0. The number of hydrogen-bond donors (Lipinski definition) is 1. The molecule has 0 radical (unpaired) electrons. The number of ether oxygens (including phenoxy) is 1. The summed E-state index contributed by atoms with van der Waals surface area (Å²) >= 11 is 0. The van der Waals surface area contributed by atoms with E-state index >= 15 is 0 Å². The van der Waals surface area contributed by atoms with Gasteiger partial charge in [-0.15, -0.1) is 0 Å². The van der Waals surface area contributed by atoms with Crippen LogP contribution in [0.4, 0.5) is 4.79 Å². The molecule has 1 atom stereocenters. The summed E-state index contributed by atoms with van der Waals surface area (Å²) in [6.07, 6.45) is 0.0437. The van der Waals surface area contributed by atoms with E-state index in [-0.39, 0.29) is 6.04 Å². The fraction of sp³-hybridized carbons (Fsp3) is 0.533. The van der Waals surface area contributed by atoms with Crippen LogP contribution in [-0.2, 0) is 4.74 Å². The third-order valence-corrected chi connectivity index (χ3v) is 2.72. The Hall–Kier alpha value is -2.20. The molecule has 0 aliphatic heterocycles. The number of hydrogen-bond acceptors (Lipinski definition) is 3. The number of alkyl carbamates (subject to hydrolysis) is 1. The highest BCUT2D eigenvalue weighted by Crippen LogP contribution is 2.19. The summed E-state index contributed by atoms with van der Waals surface area (Å²) in [6, 6.07) is 7.61. The Bertz CT molecular complexity index is 531. The van der Waals surface area contributed by atoms with Gasteiger partial charge in [-0.1, -0.05) is 34.9 Å². The predicted molar refractivity (Wildman–Crippen MR) is 81.9 cm³/mol. The van der Waals surface area contributed by atoms with E-state index in [1.54, 1.807) is 0 Å². The monoisotopic (exact) mass is 290 g/mol. The first kappa shape index (κ1) is 16.9. The SMILES string of the molecule is Cc1cccc(C(CCN=[N+]=[N-])NC(=O)OC(C)(C)C)c1. The maximum Gasteiger partial charge on any atom is 0.408 e. The van der Waals surface area contributed by atoms with Crippen molar-refractivity contribution in [2.24, 2.45) is 5.11 Å². The third kappa shape index (κ3) is 6.68. The fourth-order valence-corrected chi connectivity index (χ4v) is 1.89. The summed E-state index contributed by atoms with van der Waals surface area (Å²) in [5, 5.41) is 6.36. The van der Waals surface area contributed by atoms with Crippen molar-refractivity contribution in [2.75, 3.05) is 6.54 Å². The molecular formula is C15H22N4O2. The zero-order valence-corrected chi connectivity index (χ0v) is 13.0. The highest BCUT2D eigenvalue weighted by Gasteiger charge is 2.20. The maximum atomic E-state index is 11.9. The van der Waals surface area contributed by atoms with Crippen LogP contribution < -0.4 is 5.32 Å². The van der Waals surface area contributed by atoms with Crippen molar-refractivity contribution >= 4 is 6.09 Å². The van der Waals surface area contributed by atoms with Crippen molar-refractivity contribution in [3.8, 4) is 0 Å². The number of carbonyl (C=O) groups is 1. The second kappa shape index (κ2) is 7.55. The largest absolute Gasteiger partial charge is 0.444 e. The lowest BCUT2D eigenvalue weighted by molar-refractivity contribution is 0.0501. The van der Waals surface area contributed by atoms with Crippen LogP contribution in [0.15, 0.2) is 29.4 Å². The van der Waals surface area contributed by atoms with Crippen LogP contribution in [0, 0.1) is 6.92 Å². The molecule has 1 aromatic carbocycles. The molecule has 0 saturated heterocycles. The van der Waals surface area contributed by atoms with Gasteiger partial charge in [0.25, 0.3) is 0 Å². The number of benzene rings is 1. The normalized spacial score (nSPS) is 12.2. The lowest BCUT2D eigenvalue weighted by atomic mass is 10.0. The van der Waals surface area contributed by atoms with Crippen LogP contribution in [-0.4, -0.2) is 18.2 Å². The van der Waals surface area contributed by atoms with E-state index in [0.717, 1.165) is 11.1 Å². The van der Waals surface area contributed by atoms with Gasteiger partial charge in [-0.05, 0) is 45.2 Å². The van der Waals surface area contributed by atoms with E-state index < -0.39 is 11.7 Å². The molecule has 21 heavy (non-hydrogen) atoms. The van der Waals surface area contributed by atoms with Crippen molar-refractivity contribution in [1.29, 1.82) is 0 Å². The molecule has 0 heterocycles. The summed E-state index contributed by atoms with van der Waals surface area (Å²) in [4.78, 5) is 14.7. The van der Waals surface area contributed by atoms with Crippen LogP contribution in [0.1, 0.15) is 44.4 Å². The van der Waals surface area contributed by atoms with Gasteiger partial charge in [0.1, 0.15) is 5.60 Å². The second-order valence-electron chi connectivity index (χ2n) is 5.86. The molecule has 6 nitrogen and oxygen atoms in total. The molecule has 0 aliphatic carbocycles. The molecule has 1 amide bonds. The van der Waals surface area contributed by atoms with Crippen molar-refractivity contribution < 1.29 is 9.53 Å². The Morgan fingerprint density at radius 2 is 2.19 bits per heavy atom. The molecule has 1 N–H and O–H groups in total. The molecule has 0 bridgehead atoms. The molecule has 0 aromatic heterocycles. The topological polar surface area (TPSA) is 87.1 Å². The van der Waals surface area contributed by atoms with Gasteiger partial charge in [0.15, 0.2) is 0 Å². The molecule has 114 valence electrons. The van der Waals surface area contributed by atoms with E-state index in [0.29, 0.717) is 13.0 Å². The van der Waals surface area contributed by atoms with Gasteiger partial charge in [0, 0.05) is 11.5 Å². The van der Waals surface area contributed by atoms with E-state index in [1.165, 1.54) is 0 Å². The number of aryl methyl sites for hydroxylation is 1. The van der Waals surface area contributed by atoms with Gasteiger partial charge in [0.05, 0.1) is 6.04 Å². The standard InChI is InChI=1S/C15H22N4O2/c1-11-6-5-7-12(10-11)13(8-9-17-19-16)18-14(20)21-15(2,3)4/h5-7,10,13H,8-9H2,1-4H3,(H,18,20). The van der Waals surface area contributed by atoms with Gasteiger partial charge < -0.3 is 10.1 Å². The van der Waals surface area contributed by atoms with Crippen LogP contribution in [0.3, 0.4) is 0 Å². The first-order chi connectivity index (χ1) is 9.81. The van der Waals surface area contributed by atoms with E-state index in [4.69, 9.17) is 10.3 Å².